The number of aromatic nitrogens is 5. The third-order valence-corrected chi connectivity index (χ3v) is 12.5. The quantitative estimate of drug-likeness (QED) is 0.292. The summed E-state index contributed by atoms with van der Waals surface area (Å²) in [5.74, 6) is 3.02. The number of ether oxygens (including phenoxy) is 2. The summed E-state index contributed by atoms with van der Waals surface area (Å²) in [4.78, 5) is 12.5. The molecule has 4 saturated heterocycles. The van der Waals surface area contributed by atoms with E-state index in [1.165, 1.54) is 57.2 Å². The van der Waals surface area contributed by atoms with E-state index in [9.17, 15) is 4.39 Å². The lowest BCUT2D eigenvalue weighted by molar-refractivity contribution is -0.149. The van der Waals surface area contributed by atoms with E-state index in [1.54, 1.807) is 12.3 Å². The molecule has 1 atom stereocenters. The minimum Gasteiger partial charge on any atom is -0.434 e. The van der Waals surface area contributed by atoms with E-state index in [4.69, 9.17) is 9.47 Å². The molecule has 6 heterocycles. The van der Waals surface area contributed by atoms with Crippen molar-refractivity contribution in [1.82, 2.24) is 35.2 Å². The highest BCUT2D eigenvalue weighted by atomic mass is 19.1. The van der Waals surface area contributed by atoms with E-state index in [-0.39, 0.29) is 11.2 Å². The molecule has 3 aromatic rings. The van der Waals surface area contributed by atoms with Crippen molar-refractivity contribution < 1.29 is 13.9 Å². The Bertz CT molecular complexity index is 1640. The number of piperidine rings is 1. The number of benzene rings is 1. The molecule has 9 rings (SSSR count). The molecule has 0 N–H and O–H groups in total. The van der Waals surface area contributed by atoms with Crippen LogP contribution in [-0.4, -0.2) is 99.7 Å². The van der Waals surface area contributed by atoms with E-state index in [1.807, 2.05) is 6.07 Å². The molecule has 2 aliphatic carbocycles. The van der Waals surface area contributed by atoms with Gasteiger partial charge in [-0.1, -0.05) is 13.8 Å². The van der Waals surface area contributed by atoms with Gasteiger partial charge in [0.15, 0.2) is 5.82 Å². The second-order valence-corrected chi connectivity index (χ2v) is 16.2. The highest BCUT2D eigenvalue weighted by Crippen LogP contribution is 2.50. The summed E-state index contributed by atoms with van der Waals surface area (Å²) in [5.41, 5.74) is 3.08. The normalized spacial score (nSPS) is 27.1. The fraction of sp³-hybridized carbons (Fsp3) is 0.649. The minimum atomic E-state index is -0.348. The van der Waals surface area contributed by atoms with Crippen LogP contribution in [0.4, 0.5) is 10.2 Å². The fourth-order valence-corrected chi connectivity index (χ4v) is 9.61. The maximum atomic E-state index is 14.6. The minimum absolute atomic E-state index is 0.254. The van der Waals surface area contributed by atoms with Crippen LogP contribution in [0.25, 0.3) is 11.3 Å². The average molecular weight is 655 g/mol. The lowest BCUT2D eigenvalue weighted by Gasteiger charge is -2.58. The first-order valence-corrected chi connectivity index (χ1v) is 18.2. The molecule has 0 bridgehead atoms. The van der Waals surface area contributed by atoms with E-state index >= 15 is 0 Å². The molecule has 6 fully saturated rings. The number of hydrogen-bond donors (Lipinski definition) is 0. The van der Waals surface area contributed by atoms with Crippen molar-refractivity contribution in [3.63, 3.8) is 0 Å². The number of hydrogen-bond acceptors (Lipinski definition) is 10. The van der Waals surface area contributed by atoms with Gasteiger partial charge >= 0.3 is 0 Å². The number of rotatable bonds is 9. The highest BCUT2D eigenvalue weighted by Gasteiger charge is 2.53. The molecular weight excluding hydrogens is 607 g/mol. The van der Waals surface area contributed by atoms with Crippen molar-refractivity contribution >= 4 is 5.82 Å². The van der Waals surface area contributed by atoms with Crippen molar-refractivity contribution in [3.8, 4) is 22.9 Å². The van der Waals surface area contributed by atoms with Crippen LogP contribution in [0, 0.1) is 28.5 Å². The zero-order valence-electron chi connectivity index (χ0n) is 28.2. The molecule has 0 unspecified atom stereocenters. The van der Waals surface area contributed by atoms with Crippen LogP contribution < -0.4 is 9.64 Å². The maximum absolute atomic E-state index is 14.6. The molecule has 2 spiro atoms. The van der Waals surface area contributed by atoms with Gasteiger partial charge in [-0.3, -0.25) is 4.90 Å². The number of halogens is 1. The van der Waals surface area contributed by atoms with Crippen molar-refractivity contribution in [2.24, 2.45) is 22.7 Å². The molecule has 1 aromatic carbocycles. The summed E-state index contributed by atoms with van der Waals surface area (Å²) in [6.07, 6.45) is 11.8. The second-order valence-electron chi connectivity index (χ2n) is 16.2. The average Bonchev–Trinajstić information content (AvgIpc) is 3.80. The van der Waals surface area contributed by atoms with Gasteiger partial charge in [0, 0.05) is 60.9 Å². The Morgan fingerprint density at radius 3 is 2.46 bits per heavy atom. The van der Waals surface area contributed by atoms with Gasteiger partial charge in [-0.2, -0.15) is 10.2 Å². The van der Waals surface area contributed by atoms with Crippen LogP contribution >= 0.6 is 0 Å². The lowest BCUT2D eigenvalue weighted by Crippen LogP contribution is -2.65. The Hall–Kier alpha value is -3.28. The standard InChI is InChI=1S/C37H47FN8O2/c1-24(2)33(26-15-28(16-26)44-12-8-36(9-13-44)21-47-22-36)46-19-37(20-46)10-14-45(18-37)34-35(43-41-23-39-34)48-31-6-5-27(38)17-30(31)32-29(25-3-4-25)7-11-40-42-32/h5-7,11,17,23-26,28,33H,3-4,8-10,12-16,18-22H2,1-2H3/t26?,28?,33-/m0/s1. The van der Waals surface area contributed by atoms with Crippen molar-refractivity contribution in [1.29, 1.82) is 0 Å². The molecule has 2 aromatic heterocycles. The number of likely N-dealkylation sites (tertiary alicyclic amines) is 2. The van der Waals surface area contributed by atoms with Gasteiger partial charge in [0.25, 0.3) is 5.88 Å². The van der Waals surface area contributed by atoms with Gasteiger partial charge in [0.1, 0.15) is 23.6 Å². The summed E-state index contributed by atoms with van der Waals surface area (Å²) >= 11 is 0. The molecule has 48 heavy (non-hydrogen) atoms. The first kappa shape index (κ1) is 30.8. The fourth-order valence-electron chi connectivity index (χ4n) is 9.61. The molecule has 2 saturated carbocycles. The molecule has 10 nitrogen and oxygen atoms in total. The largest absolute Gasteiger partial charge is 0.434 e. The van der Waals surface area contributed by atoms with Gasteiger partial charge in [0.2, 0.25) is 0 Å². The van der Waals surface area contributed by atoms with E-state index in [0.717, 1.165) is 76.2 Å². The van der Waals surface area contributed by atoms with Gasteiger partial charge in [0.05, 0.1) is 13.2 Å². The predicted octanol–water partition coefficient (Wildman–Crippen LogP) is 5.57. The first-order valence-electron chi connectivity index (χ1n) is 18.2. The zero-order chi connectivity index (χ0) is 32.5. The summed E-state index contributed by atoms with van der Waals surface area (Å²) < 4.78 is 26.6. The predicted molar refractivity (Wildman–Crippen MR) is 179 cm³/mol. The number of anilines is 1. The van der Waals surface area contributed by atoms with Gasteiger partial charge < -0.3 is 19.3 Å². The van der Waals surface area contributed by atoms with Crippen molar-refractivity contribution in [2.45, 2.75) is 76.8 Å². The van der Waals surface area contributed by atoms with Gasteiger partial charge in [-0.25, -0.2) is 9.37 Å². The van der Waals surface area contributed by atoms with Gasteiger partial charge in [-0.15, -0.1) is 10.2 Å². The molecule has 4 aliphatic heterocycles. The van der Waals surface area contributed by atoms with Crippen LogP contribution in [0.5, 0.6) is 11.6 Å². The highest BCUT2D eigenvalue weighted by molar-refractivity contribution is 5.71. The van der Waals surface area contributed by atoms with E-state index in [0.29, 0.717) is 52.0 Å². The van der Waals surface area contributed by atoms with Crippen molar-refractivity contribution in [2.75, 3.05) is 57.4 Å². The molecule has 0 amide bonds. The number of nitrogens with zero attached hydrogens (tertiary/aromatic N) is 8. The van der Waals surface area contributed by atoms with E-state index in [2.05, 4.69) is 53.9 Å². The third-order valence-electron chi connectivity index (χ3n) is 12.5. The second kappa shape index (κ2) is 11.9. The Morgan fingerprint density at radius 2 is 1.73 bits per heavy atom. The van der Waals surface area contributed by atoms with Crippen LogP contribution in [0.3, 0.4) is 0 Å². The van der Waals surface area contributed by atoms with Crippen LogP contribution in [0.15, 0.2) is 36.8 Å². The lowest BCUT2D eigenvalue weighted by atomic mass is 9.67. The smallest absolute Gasteiger partial charge is 0.282 e. The van der Waals surface area contributed by atoms with Crippen molar-refractivity contribution in [3.05, 3.63) is 48.2 Å². The molecule has 254 valence electrons. The van der Waals surface area contributed by atoms with Crippen LogP contribution in [-0.2, 0) is 4.74 Å². The van der Waals surface area contributed by atoms with Gasteiger partial charge in [-0.05, 0) is 106 Å². The first-order chi connectivity index (χ1) is 23.4. The molecular formula is C37H47FN8O2. The van der Waals surface area contributed by atoms with Crippen LogP contribution in [0.2, 0.25) is 0 Å². The summed E-state index contributed by atoms with van der Waals surface area (Å²) in [6, 6.07) is 7.93. The Kier molecular flexibility index (Phi) is 7.66. The monoisotopic (exact) mass is 654 g/mol. The van der Waals surface area contributed by atoms with Crippen LogP contribution in [0.1, 0.15) is 70.3 Å². The summed E-state index contributed by atoms with van der Waals surface area (Å²) in [7, 11) is 0. The summed E-state index contributed by atoms with van der Waals surface area (Å²) in [6.45, 7) is 13.4. The Balaban J connectivity index is 0.856. The third kappa shape index (κ3) is 5.55. The molecule has 0 radical (unpaired) electrons. The SMILES string of the molecule is CC(C)[C@@H](C1CC(N2CCC3(CC2)COC3)C1)N1CC2(CCN(c3ncnnc3Oc3ccc(F)cc3-c3nnccc3C3CC3)C2)C1. The molecule has 6 aliphatic rings. The zero-order valence-corrected chi connectivity index (χ0v) is 28.2. The molecule has 11 heteroatoms. The Labute approximate surface area is 282 Å². The van der Waals surface area contributed by atoms with E-state index < -0.39 is 0 Å². The summed E-state index contributed by atoms with van der Waals surface area (Å²) in [5, 5.41) is 17.0. The maximum Gasteiger partial charge on any atom is 0.282 e. The topological polar surface area (TPSA) is 92.6 Å². The Morgan fingerprint density at radius 1 is 0.938 bits per heavy atom.